The number of fused-ring (bicyclic) bond motifs is 1. The van der Waals surface area contributed by atoms with Gasteiger partial charge in [0.15, 0.2) is 0 Å². The molecule has 2 fully saturated rings. The summed E-state index contributed by atoms with van der Waals surface area (Å²) in [6.45, 7) is 9.97. The second kappa shape index (κ2) is 11.1. The standard InChI is InChI=1S/C29H38N4O2/c1-5-20-8-7-18(3)23(15-20)24-17-25-26(16-21(24)6-2)33-29(34)28(25)19(4)32-27(30)9-12-31-22-10-13-35-14-11-22/h7-9,12,15-17,21-22,24,31H,5-6,10-11,13-14H2,1-4H3,(H2,30,32)(H,33,34)/b12-9-,28-19-. The lowest BCUT2D eigenvalue weighted by atomic mass is 9.76. The van der Waals surface area contributed by atoms with Gasteiger partial charge in [-0.1, -0.05) is 44.2 Å². The number of nitrogens with one attached hydrogen (secondary N) is 4. The molecule has 35 heavy (non-hydrogen) atoms. The van der Waals surface area contributed by atoms with E-state index >= 15 is 0 Å². The minimum Gasteiger partial charge on any atom is -0.388 e. The van der Waals surface area contributed by atoms with Gasteiger partial charge in [0.1, 0.15) is 5.84 Å². The molecule has 1 aliphatic carbocycles. The second-order valence-corrected chi connectivity index (χ2v) is 9.68. The minimum absolute atomic E-state index is 0.112. The van der Waals surface area contributed by atoms with Crippen molar-refractivity contribution in [2.45, 2.75) is 65.3 Å². The number of hydrogen-bond acceptors (Lipinski definition) is 4. The Hall–Kier alpha value is -3.12. The van der Waals surface area contributed by atoms with E-state index < -0.39 is 0 Å². The van der Waals surface area contributed by atoms with E-state index in [4.69, 9.17) is 10.1 Å². The Morgan fingerprint density at radius 3 is 2.71 bits per heavy atom. The Morgan fingerprint density at radius 2 is 2.00 bits per heavy atom. The van der Waals surface area contributed by atoms with Crippen LogP contribution in [0.15, 0.2) is 65.2 Å². The summed E-state index contributed by atoms with van der Waals surface area (Å²) in [6, 6.07) is 7.12. The summed E-state index contributed by atoms with van der Waals surface area (Å²) in [4.78, 5) is 13.0. The molecule has 0 spiro atoms. The van der Waals surface area contributed by atoms with Gasteiger partial charge in [0.25, 0.3) is 5.91 Å². The van der Waals surface area contributed by atoms with E-state index in [0.29, 0.717) is 23.2 Å². The van der Waals surface area contributed by atoms with E-state index in [2.05, 4.69) is 67.1 Å². The average molecular weight is 475 g/mol. The summed E-state index contributed by atoms with van der Waals surface area (Å²) in [6.07, 6.45) is 11.9. The third-order valence-corrected chi connectivity index (χ3v) is 7.31. The molecule has 1 amide bonds. The predicted molar refractivity (Wildman–Crippen MR) is 141 cm³/mol. The van der Waals surface area contributed by atoms with Crippen LogP contribution in [-0.4, -0.2) is 31.0 Å². The van der Waals surface area contributed by atoms with Crippen LogP contribution < -0.4 is 16.0 Å². The van der Waals surface area contributed by atoms with Gasteiger partial charge < -0.3 is 20.7 Å². The molecule has 4 N–H and O–H groups in total. The van der Waals surface area contributed by atoms with Gasteiger partial charge in [-0.15, -0.1) is 0 Å². The van der Waals surface area contributed by atoms with Gasteiger partial charge in [0.2, 0.25) is 0 Å². The van der Waals surface area contributed by atoms with Crippen LogP contribution in [0, 0.1) is 18.3 Å². The predicted octanol–water partition coefficient (Wildman–Crippen LogP) is 4.74. The summed E-state index contributed by atoms with van der Waals surface area (Å²) in [5.41, 5.74) is 7.08. The Bertz CT molecular complexity index is 1110. The van der Waals surface area contributed by atoms with Gasteiger partial charge in [0.05, 0.1) is 5.57 Å². The van der Waals surface area contributed by atoms with Crippen molar-refractivity contribution < 1.29 is 9.53 Å². The number of carbonyl (C=O) groups excluding carboxylic acids is 1. The molecule has 2 atom stereocenters. The molecule has 0 radical (unpaired) electrons. The van der Waals surface area contributed by atoms with Gasteiger partial charge in [-0.2, -0.15) is 0 Å². The number of carbonyl (C=O) groups is 1. The normalized spacial score (nSPS) is 23.9. The maximum Gasteiger partial charge on any atom is 0.258 e. The molecule has 3 aliphatic rings. The van der Waals surface area contributed by atoms with Crippen LogP contribution in [0.3, 0.4) is 0 Å². The number of amides is 1. The fourth-order valence-electron chi connectivity index (χ4n) is 5.21. The molecule has 2 unspecified atom stereocenters. The van der Waals surface area contributed by atoms with Gasteiger partial charge in [-0.3, -0.25) is 10.2 Å². The highest BCUT2D eigenvalue weighted by Gasteiger charge is 2.35. The van der Waals surface area contributed by atoms with Crippen LogP contribution >= 0.6 is 0 Å². The molecule has 0 aromatic heterocycles. The summed E-state index contributed by atoms with van der Waals surface area (Å²) in [7, 11) is 0. The van der Waals surface area contributed by atoms with Crippen molar-refractivity contribution in [3.8, 4) is 0 Å². The van der Waals surface area contributed by atoms with Crippen LogP contribution in [0.25, 0.3) is 0 Å². The van der Waals surface area contributed by atoms with Gasteiger partial charge in [0, 0.05) is 48.3 Å². The molecule has 2 saturated heterocycles. The number of allylic oxidation sites excluding steroid dienone is 4. The molecule has 4 rings (SSSR count). The Morgan fingerprint density at radius 1 is 1.23 bits per heavy atom. The Kier molecular flexibility index (Phi) is 7.91. The monoisotopic (exact) mass is 474 g/mol. The summed E-state index contributed by atoms with van der Waals surface area (Å²) in [5, 5.41) is 17.9. The number of rotatable bonds is 7. The topological polar surface area (TPSA) is 86.2 Å². The highest BCUT2D eigenvalue weighted by Crippen LogP contribution is 2.42. The van der Waals surface area contributed by atoms with Crippen LogP contribution in [-0.2, 0) is 16.0 Å². The number of aryl methyl sites for hydroxylation is 2. The highest BCUT2D eigenvalue weighted by atomic mass is 16.5. The molecule has 1 aromatic carbocycles. The molecule has 2 aliphatic heterocycles. The maximum absolute atomic E-state index is 13.0. The molecule has 186 valence electrons. The quantitative estimate of drug-likeness (QED) is 0.261. The van der Waals surface area contributed by atoms with Crippen molar-refractivity contribution in [1.82, 2.24) is 16.0 Å². The van der Waals surface area contributed by atoms with E-state index in [0.717, 1.165) is 50.2 Å². The van der Waals surface area contributed by atoms with E-state index in [9.17, 15) is 4.79 Å². The first-order valence-corrected chi connectivity index (χ1v) is 12.8. The fraction of sp³-hybridized carbons (Fsp3) is 0.448. The summed E-state index contributed by atoms with van der Waals surface area (Å²) >= 11 is 0. The number of amidine groups is 1. The largest absolute Gasteiger partial charge is 0.388 e. The Balaban J connectivity index is 1.57. The number of benzene rings is 1. The molecule has 6 nitrogen and oxygen atoms in total. The zero-order chi connectivity index (χ0) is 24.9. The van der Waals surface area contributed by atoms with Crippen molar-refractivity contribution in [2.75, 3.05) is 13.2 Å². The first-order valence-electron chi connectivity index (χ1n) is 12.8. The average Bonchev–Trinajstić information content (AvgIpc) is 3.18. The minimum atomic E-state index is -0.112. The van der Waals surface area contributed by atoms with Crippen LogP contribution in [0.5, 0.6) is 0 Å². The lowest BCUT2D eigenvalue weighted by Gasteiger charge is -2.28. The highest BCUT2D eigenvalue weighted by molar-refractivity contribution is 6.06. The van der Waals surface area contributed by atoms with Crippen LogP contribution in [0.4, 0.5) is 0 Å². The summed E-state index contributed by atoms with van der Waals surface area (Å²) < 4.78 is 5.39. The molecule has 1 aromatic rings. The van der Waals surface area contributed by atoms with Crippen LogP contribution in [0.2, 0.25) is 0 Å². The van der Waals surface area contributed by atoms with Gasteiger partial charge in [-0.25, -0.2) is 0 Å². The van der Waals surface area contributed by atoms with E-state index in [1.54, 1.807) is 6.08 Å². The first-order chi connectivity index (χ1) is 16.9. The lowest BCUT2D eigenvalue weighted by Crippen LogP contribution is -2.31. The lowest BCUT2D eigenvalue weighted by molar-refractivity contribution is -0.115. The first kappa shape index (κ1) is 25.0. The van der Waals surface area contributed by atoms with E-state index in [-0.39, 0.29) is 17.7 Å². The molecule has 0 saturated carbocycles. The van der Waals surface area contributed by atoms with Crippen LogP contribution in [0.1, 0.15) is 62.6 Å². The molecule has 6 heteroatoms. The van der Waals surface area contributed by atoms with Crippen molar-refractivity contribution in [1.29, 1.82) is 5.41 Å². The SMILES string of the molecule is CCc1ccc(C)c(C2C=C3C(=CC2CC)NC(=O)/C3=C(/C)NC(=N)/C=C\NC2CCOCC2)c1. The molecular weight excluding hydrogens is 436 g/mol. The smallest absolute Gasteiger partial charge is 0.258 e. The second-order valence-electron chi connectivity index (χ2n) is 9.68. The van der Waals surface area contributed by atoms with Gasteiger partial charge >= 0.3 is 0 Å². The summed E-state index contributed by atoms with van der Waals surface area (Å²) in [5.74, 6) is 0.665. The number of ether oxygens (including phenoxy) is 1. The van der Waals surface area contributed by atoms with Crippen molar-refractivity contribution in [3.05, 3.63) is 81.9 Å². The zero-order valence-corrected chi connectivity index (χ0v) is 21.3. The van der Waals surface area contributed by atoms with E-state index in [1.165, 1.54) is 16.7 Å². The van der Waals surface area contributed by atoms with Crippen molar-refractivity contribution in [3.63, 3.8) is 0 Å². The molecular formula is C29H38N4O2. The van der Waals surface area contributed by atoms with Gasteiger partial charge in [-0.05, 0) is 68.2 Å². The third-order valence-electron chi connectivity index (χ3n) is 7.31. The Labute approximate surface area is 209 Å². The van der Waals surface area contributed by atoms with Crippen molar-refractivity contribution >= 4 is 11.7 Å². The maximum atomic E-state index is 13.0. The van der Waals surface area contributed by atoms with Crippen molar-refractivity contribution in [2.24, 2.45) is 5.92 Å². The zero-order valence-electron chi connectivity index (χ0n) is 21.3. The molecule has 2 heterocycles. The number of hydrogen-bond donors (Lipinski definition) is 4. The fourth-order valence-corrected chi connectivity index (χ4v) is 5.21. The molecule has 0 bridgehead atoms. The van der Waals surface area contributed by atoms with E-state index in [1.807, 2.05) is 13.1 Å². The third kappa shape index (κ3) is 5.59.